The molecule has 1 N–H and O–H groups in total. The molecule has 0 radical (unpaired) electrons. The van der Waals surface area contributed by atoms with Gasteiger partial charge in [0.2, 0.25) is 0 Å². The summed E-state index contributed by atoms with van der Waals surface area (Å²) in [5, 5.41) is 9.33. The lowest BCUT2D eigenvalue weighted by atomic mass is 10.1. The Balaban J connectivity index is 2.01. The summed E-state index contributed by atoms with van der Waals surface area (Å²) in [6, 6.07) is 5.97. The number of hydrogen-bond acceptors (Lipinski definition) is 3. The Kier molecular flexibility index (Phi) is 3.87. The van der Waals surface area contributed by atoms with Crippen molar-refractivity contribution in [3.63, 3.8) is 0 Å². The molecule has 3 aromatic rings. The number of aromatic nitrogens is 3. The van der Waals surface area contributed by atoms with E-state index >= 15 is 0 Å². The van der Waals surface area contributed by atoms with Crippen LogP contribution in [0.25, 0.3) is 10.9 Å². The van der Waals surface area contributed by atoms with Crippen molar-refractivity contribution in [1.29, 1.82) is 0 Å². The van der Waals surface area contributed by atoms with E-state index in [0.29, 0.717) is 5.02 Å². The molecule has 0 spiro atoms. The fourth-order valence-corrected chi connectivity index (χ4v) is 3.14. The first-order valence-electron chi connectivity index (χ1n) is 6.53. The van der Waals surface area contributed by atoms with Gasteiger partial charge in [-0.3, -0.25) is 9.67 Å². The summed E-state index contributed by atoms with van der Waals surface area (Å²) in [5.74, 6) is 0. The highest BCUT2D eigenvalue weighted by Crippen LogP contribution is 2.32. The predicted octanol–water partition coefficient (Wildman–Crippen LogP) is 4.56. The van der Waals surface area contributed by atoms with E-state index in [-0.39, 0.29) is 6.04 Å². The van der Waals surface area contributed by atoms with Crippen LogP contribution in [-0.2, 0) is 7.05 Å². The fraction of sp³-hybridized carbons (Fsp3) is 0.200. The first-order chi connectivity index (χ1) is 10.0. The number of anilines is 1. The smallest absolute Gasteiger partial charge is 0.0909 e. The molecule has 0 bridgehead atoms. The van der Waals surface area contributed by atoms with Crippen LogP contribution >= 0.6 is 27.5 Å². The quantitative estimate of drug-likeness (QED) is 0.740. The van der Waals surface area contributed by atoms with Gasteiger partial charge in [0, 0.05) is 40.6 Å². The molecule has 1 atom stereocenters. The lowest BCUT2D eigenvalue weighted by Gasteiger charge is -2.16. The molecule has 6 heteroatoms. The molecule has 108 valence electrons. The Morgan fingerprint density at radius 3 is 2.90 bits per heavy atom. The Morgan fingerprint density at radius 2 is 2.19 bits per heavy atom. The number of hydrogen-bond donors (Lipinski definition) is 1. The molecular formula is C15H14BrClN4. The van der Waals surface area contributed by atoms with Crippen molar-refractivity contribution in [3.8, 4) is 0 Å². The second-order valence-corrected chi connectivity index (χ2v) is 6.28. The molecule has 1 aromatic carbocycles. The SMILES string of the molecule is CC(Nc1ccnc2c(Cl)cc(Br)cc12)c1cnn(C)c1. The van der Waals surface area contributed by atoms with Crippen molar-refractivity contribution in [2.75, 3.05) is 5.32 Å². The summed E-state index contributed by atoms with van der Waals surface area (Å²) in [6.07, 6.45) is 5.63. The minimum Gasteiger partial charge on any atom is -0.378 e. The van der Waals surface area contributed by atoms with Crippen molar-refractivity contribution >= 4 is 44.1 Å². The van der Waals surface area contributed by atoms with Gasteiger partial charge in [-0.1, -0.05) is 27.5 Å². The molecule has 0 saturated carbocycles. The van der Waals surface area contributed by atoms with Gasteiger partial charge in [0.1, 0.15) is 0 Å². The van der Waals surface area contributed by atoms with Gasteiger partial charge in [-0.15, -0.1) is 0 Å². The van der Waals surface area contributed by atoms with Crippen molar-refractivity contribution < 1.29 is 0 Å². The average molecular weight is 366 g/mol. The summed E-state index contributed by atoms with van der Waals surface area (Å²) in [7, 11) is 1.91. The number of benzene rings is 1. The van der Waals surface area contributed by atoms with Crippen LogP contribution in [0.4, 0.5) is 5.69 Å². The van der Waals surface area contributed by atoms with Crippen LogP contribution < -0.4 is 5.32 Å². The molecule has 0 aliphatic rings. The number of aryl methyl sites for hydroxylation is 1. The van der Waals surface area contributed by atoms with E-state index in [4.69, 9.17) is 11.6 Å². The Hall–Kier alpha value is -1.59. The fourth-order valence-electron chi connectivity index (χ4n) is 2.28. The van der Waals surface area contributed by atoms with Gasteiger partial charge in [-0.25, -0.2) is 0 Å². The molecule has 3 rings (SSSR count). The molecule has 2 heterocycles. The number of halogens is 2. The highest BCUT2D eigenvalue weighted by molar-refractivity contribution is 9.10. The van der Waals surface area contributed by atoms with Gasteiger partial charge in [-0.05, 0) is 25.1 Å². The third kappa shape index (κ3) is 2.89. The highest BCUT2D eigenvalue weighted by atomic mass is 79.9. The van der Waals surface area contributed by atoms with Crippen LogP contribution in [0.1, 0.15) is 18.5 Å². The highest BCUT2D eigenvalue weighted by Gasteiger charge is 2.11. The van der Waals surface area contributed by atoms with Crippen LogP contribution in [0.5, 0.6) is 0 Å². The molecule has 0 aliphatic carbocycles. The molecule has 0 saturated heterocycles. The van der Waals surface area contributed by atoms with Crippen molar-refractivity contribution in [2.45, 2.75) is 13.0 Å². The van der Waals surface area contributed by atoms with Crippen LogP contribution in [0.2, 0.25) is 5.02 Å². The van der Waals surface area contributed by atoms with Crippen LogP contribution in [-0.4, -0.2) is 14.8 Å². The minimum absolute atomic E-state index is 0.141. The lowest BCUT2D eigenvalue weighted by Crippen LogP contribution is -2.06. The zero-order valence-electron chi connectivity index (χ0n) is 11.6. The maximum absolute atomic E-state index is 6.26. The molecule has 0 aliphatic heterocycles. The standard InChI is InChI=1S/C15H14BrClN4/c1-9(10-7-19-21(2)8-10)20-14-3-4-18-15-12(14)5-11(16)6-13(15)17/h3-9H,1-2H3,(H,18,20). The number of nitrogens with zero attached hydrogens (tertiary/aromatic N) is 3. The summed E-state index contributed by atoms with van der Waals surface area (Å²) in [6.45, 7) is 2.10. The number of fused-ring (bicyclic) bond motifs is 1. The van der Waals surface area contributed by atoms with E-state index < -0.39 is 0 Å². The zero-order chi connectivity index (χ0) is 15.0. The maximum Gasteiger partial charge on any atom is 0.0909 e. The van der Waals surface area contributed by atoms with Crippen molar-refractivity contribution in [3.05, 3.63) is 51.8 Å². The van der Waals surface area contributed by atoms with E-state index in [0.717, 1.165) is 26.6 Å². The van der Waals surface area contributed by atoms with E-state index in [1.54, 1.807) is 10.9 Å². The number of pyridine rings is 1. The third-order valence-electron chi connectivity index (χ3n) is 3.36. The van der Waals surface area contributed by atoms with Gasteiger partial charge in [0.15, 0.2) is 0 Å². The first kappa shape index (κ1) is 14.4. The second kappa shape index (κ2) is 5.66. The Labute approximate surface area is 136 Å². The summed E-state index contributed by atoms with van der Waals surface area (Å²) >= 11 is 9.74. The van der Waals surface area contributed by atoms with Gasteiger partial charge in [0.25, 0.3) is 0 Å². The number of nitrogens with one attached hydrogen (secondary N) is 1. The molecule has 0 fully saturated rings. The number of rotatable bonds is 3. The summed E-state index contributed by atoms with van der Waals surface area (Å²) < 4.78 is 2.73. The zero-order valence-corrected chi connectivity index (χ0v) is 14.0. The largest absolute Gasteiger partial charge is 0.378 e. The van der Waals surface area contributed by atoms with E-state index in [9.17, 15) is 0 Å². The van der Waals surface area contributed by atoms with Gasteiger partial charge >= 0.3 is 0 Å². The molecule has 21 heavy (non-hydrogen) atoms. The van der Waals surface area contributed by atoms with Gasteiger partial charge in [-0.2, -0.15) is 5.10 Å². The van der Waals surface area contributed by atoms with Crippen LogP contribution in [0, 0.1) is 0 Å². The van der Waals surface area contributed by atoms with E-state index in [2.05, 4.69) is 38.3 Å². The molecule has 1 unspecified atom stereocenters. The molecule has 4 nitrogen and oxygen atoms in total. The maximum atomic E-state index is 6.26. The summed E-state index contributed by atoms with van der Waals surface area (Å²) in [4.78, 5) is 4.36. The molecular weight excluding hydrogens is 352 g/mol. The van der Waals surface area contributed by atoms with E-state index in [1.807, 2.05) is 37.6 Å². The lowest BCUT2D eigenvalue weighted by molar-refractivity contribution is 0.765. The van der Waals surface area contributed by atoms with Crippen LogP contribution in [0.3, 0.4) is 0 Å². The minimum atomic E-state index is 0.141. The Bertz CT molecular complexity index is 799. The van der Waals surface area contributed by atoms with Crippen molar-refractivity contribution in [1.82, 2.24) is 14.8 Å². The predicted molar refractivity (Wildman–Crippen MR) is 89.7 cm³/mol. The first-order valence-corrected chi connectivity index (χ1v) is 7.70. The monoisotopic (exact) mass is 364 g/mol. The van der Waals surface area contributed by atoms with Gasteiger partial charge < -0.3 is 5.32 Å². The molecule has 0 amide bonds. The van der Waals surface area contributed by atoms with Crippen LogP contribution in [0.15, 0.2) is 41.3 Å². The topological polar surface area (TPSA) is 42.7 Å². The Morgan fingerprint density at radius 1 is 1.38 bits per heavy atom. The third-order valence-corrected chi connectivity index (χ3v) is 4.11. The van der Waals surface area contributed by atoms with Gasteiger partial charge in [0.05, 0.1) is 22.8 Å². The normalized spacial score (nSPS) is 12.6. The van der Waals surface area contributed by atoms with Crippen molar-refractivity contribution in [2.24, 2.45) is 7.05 Å². The van der Waals surface area contributed by atoms with E-state index in [1.165, 1.54) is 0 Å². The second-order valence-electron chi connectivity index (χ2n) is 4.96. The summed E-state index contributed by atoms with van der Waals surface area (Å²) in [5.41, 5.74) is 2.92. The average Bonchev–Trinajstić information content (AvgIpc) is 2.86. The molecule has 2 aromatic heterocycles.